The Morgan fingerprint density at radius 1 is 1.50 bits per heavy atom. The van der Waals surface area contributed by atoms with E-state index in [1.807, 2.05) is 4.90 Å². The summed E-state index contributed by atoms with van der Waals surface area (Å²) in [7, 11) is 0. The van der Waals surface area contributed by atoms with Crippen LogP contribution in [0.25, 0.3) is 0 Å². The van der Waals surface area contributed by atoms with Crippen LogP contribution >= 0.6 is 11.6 Å². The summed E-state index contributed by atoms with van der Waals surface area (Å²) in [5, 5.41) is 0.580. The molecule has 0 saturated carbocycles. The fourth-order valence-electron chi connectivity index (χ4n) is 2.32. The molecule has 0 radical (unpaired) electrons. The SMILES string of the molecule is NC(=O)C1CCCN(c2cc(Cl)ccc2C=O)C1. The van der Waals surface area contributed by atoms with Gasteiger partial charge >= 0.3 is 0 Å². The predicted molar refractivity (Wildman–Crippen MR) is 71.0 cm³/mol. The van der Waals surface area contributed by atoms with E-state index in [0.29, 0.717) is 17.1 Å². The van der Waals surface area contributed by atoms with E-state index in [-0.39, 0.29) is 11.8 Å². The Morgan fingerprint density at radius 2 is 2.28 bits per heavy atom. The van der Waals surface area contributed by atoms with Gasteiger partial charge in [0.25, 0.3) is 0 Å². The summed E-state index contributed by atoms with van der Waals surface area (Å²) in [6.07, 6.45) is 2.50. The van der Waals surface area contributed by atoms with Gasteiger partial charge < -0.3 is 10.6 Å². The number of benzene rings is 1. The monoisotopic (exact) mass is 266 g/mol. The molecule has 0 aliphatic carbocycles. The van der Waals surface area contributed by atoms with E-state index >= 15 is 0 Å². The zero-order valence-electron chi connectivity index (χ0n) is 9.93. The van der Waals surface area contributed by atoms with Crippen molar-refractivity contribution in [2.75, 3.05) is 18.0 Å². The summed E-state index contributed by atoms with van der Waals surface area (Å²) in [6.45, 7) is 1.36. The average molecular weight is 267 g/mol. The van der Waals surface area contributed by atoms with Gasteiger partial charge in [0.2, 0.25) is 5.91 Å². The van der Waals surface area contributed by atoms with Gasteiger partial charge in [0.05, 0.1) is 5.92 Å². The van der Waals surface area contributed by atoms with Crippen LogP contribution in [0, 0.1) is 5.92 Å². The van der Waals surface area contributed by atoms with Crippen LogP contribution in [0.4, 0.5) is 5.69 Å². The molecule has 5 heteroatoms. The maximum atomic E-state index is 11.3. The van der Waals surface area contributed by atoms with E-state index in [1.54, 1.807) is 18.2 Å². The van der Waals surface area contributed by atoms with Gasteiger partial charge in [-0.3, -0.25) is 9.59 Å². The van der Waals surface area contributed by atoms with Gasteiger partial charge in [0.1, 0.15) is 0 Å². The number of aldehydes is 1. The second kappa shape index (κ2) is 5.40. The first-order chi connectivity index (χ1) is 8.61. The number of rotatable bonds is 3. The Bertz CT molecular complexity index is 476. The Hall–Kier alpha value is -1.55. The lowest BCUT2D eigenvalue weighted by atomic mass is 9.96. The summed E-state index contributed by atoms with van der Waals surface area (Å²) >= 11 is 5.96. The average Bonchev–Trinajstić information content (AvgIpc) is 2.39. The van der Waals surface area contributed by atoms with Crippen LogP contribution in [-0.2, 0) is 4.79 Å². The molecule has 1 fully saturated rings. The minimum absolute atomic E-state index is 0.155. The summed E-state index contributed by atoms with van der Waals surface area (Å²) in [5.41, 5.74) is 6.72. The van der Waals surface area contributed by atoms with Gasteiger partial charge in [-0.15, -0.1) is 0 Å². The molecule has 2 rings (SSSR count). The molecule has 1 aromatic carbocycles. The van der Waals surface area contributed by atoms with Crippen molar-refractivity contribution in [3.05, 3.63) is 28.8 Å². The smallest absolute Gasteiger partial charge is 0.222 e. The van der Waals surface area contributed by atoms with Crippen LogP contribution in [0.2, 0.25) is 5.02 Å². The van der Waals surface area contributed by atoms with Crippen LogP contribution in [0.3, 0.4) is 0 Å². The number of nitrogens with zero attached hydrogens (tertiary/aromatic N) is 1. The third-order valence-electron chi connectivity index (χ3n) is 3.28. The van der Waals surface area contributed by atoms with Crippen molar-refractivity contribution in [2.45, 2.75) is 12.8 Å². The molecular weight excluding hydrogens is 252 g/mol. The molecule has 1 saturated heterocycles. The molecule has 18 heavy (non-hydrogen) atoms. The number of piperidine rings is 1. The maximum absolute atomic E-state index is 11.3. The third-order valence-corrected chi connectivity index (χ3v) is 3.52. The Labute approximate surface area is 111 Å². The minimum Gasteiger partial charge on any atom is -0.370 e. The van der Waals surface area contributed by atoms with Gasteiger partial charge in [-0.2, -0.15) is 0 Å². The van der Waals surface area contributed by atoms with Crippen molar-refractivity contribution in [3.8, 4) is 0 Å². The minimum atomic E-state index is -0.283. The molecule has 1 unspecified atom stereocenters. The summed E-state index contributed by atoms with van der Waals surface area (Å²) in [4.78, 5) is 24.3. The molecule has 1 aliphatic heterocycles. The predicted octanol–water partition coefficient (Wildman–Crippen LogP) is 1.85. The molecule has 1 heterocycles. The van der Waals surface area contributed by atoms with E-state index in [9.17, 15) is 9.59 Å². The zero-order valence-corrected chi connectivity index (χ0v) is 10.7. The van der Waals surface area contributed by atoms with Crippen LogP contribution in [0.5, 0.6) is 0 Å². The number of carbonyl (C=O) groups is 2. The van der Waals surface area contributed by atoms with E-state index in [2.05, 4.69) is 0 Å². The van der Waals surface area contributed by atoms with E-state index < -0.39 is 0 Å². The zero-order chi connectivity index (χ0) is 13.1. The fraction of sp³-hybridized carbons (Fsp3) is 0.385. The van der Waals surface area contributed by atoms with Crippen molar-refractivity contribution < 1.29 is 9.59 Å². The highest BCUT2D eigenvalue weighted by Gasteiger charge is 2.25. The number of primary amides is 1. The lowest BCUT2D eigenvalue weighted by Gasteiger charge is -2.33. The summed E-state index contributed by atoms with van der Waals surface area (Å²) in [5.74, 6) is -0.438. The second-order valence-corrected chi connectivity index (χ2v) is 4.94. The number of halogens is 1. The van der Waals surface area contributed by atoms with Crippen molar-refractivity contribution in [1.82, 2.24) is 0 Å². The first kappa shape index (κ1) is 12.9. The lowest BCUT2D eigenvalue weighted by Crippen LogP contribution is -2.41. The standard InChI is InChI=1S/C13H15ClN2O2/c14-11-4-3-10(8-17)12(6-11)16-5-1-2-9(7-16)13(15)18/h3-4,6,8-9H,1-2,5,7H2,(H2,15,18). The highest BCUT2D eigenvalue weighted by Crippen LogP contribution is 2.28. The van der Waals surface area contributed by atoms with Gasteiger partial charge in [-0.1, -0.05) is 11.6 Å². The van der Waals surface area contributed by atoms with Crippen LogP contribution in [0.1, 0.15) is 23.2 Å². The van der Waals surface area contributed by atoms with Gasteiger partial charge in [-0.25, -0.2) is 0 Å². The highest BCUT2D eigenvalue weighted by atomic mass is 35.5. The van der Waals surface area contributed by atoms with Crippen LogP contribution in [0.15, 0.2) is 18.2 Å². The first-order valence-corrected chi connectivity index (χ1v) is 6.28. The number of nitrogens with two attached hydrogens (primary N) is 1. The molecule has 96 valence electrons. The van der Waals surface area contributed by atoms with Crippen molar-refractivity contribution in [1.29, 1.82) is 0 Å². The van der Waals surface area contributed by atoms with Crippen LogP contribution < -0.4 is 10.6 Å². The number of hydrogen-bond acceptors (Lipinski definition) is 3. The molecule has 0 spiro atoms. The molecule has 0 bridgehead atoms. The number of anilines is 1. The molecule has 1 atom stereocenters. The molecule has 1 amide bonds. The molecule has 1 aliphatic rings. The molecule has 0 aromatic heterocycles. The maximum Gasteiger partial charge on any atom is 0.222 e. The Balaban J connectivity index is 2.27. The van der Waals surface area contributed by atoms with Gasteiger partial charge in [0, 0.05) is 29.4 Å². The molecule has 1 aromatic rings. The van der Waals surface area contributed by atoms with Crippen LogP contribution in [-0.4, -0.2) is 25.3 Å². The fourth-order valence-corrected chi connectivity index (χ4v) is 2.48. The quantitative estimate of drug-likeness (QED) is 0.850. The second-order valence-electron chi connectivity index (χ2n) is 4.51. The third kappa shape index (κ3) is 2.64. The highest BCUT2D eigenvalue weighted by molar-refractivity contribution is 6.31. The van der Waals surface area contributed by atoms with Crippen molar-refractivity contribution in [2.24, 2.45) is 11.7 Å². The van der Waals surface area contributed by atoms with E-state index in [0.717, 1.165) is 31.4 Å². The Kier molecular flexibility index (Phi) is 3.87. The number of carbonyl (C=O) groups excluding carboxylic acids is 2. The first-order valence-electron chi connectivity index (χ1n) is 5.91. The van der Waals surface area contributed by atoms with Crippen molar-refractivity contribution in [3.63, 3.8) is 0 Å². The summed E-state index contributed by atoms with van der Waals surface area (Å²) < 4.78 is 0. The Morgan fingerprint density at radius 3 is 2.94 bits per heavy atom. The number of amides is 1. The molecule has 4 nitrogen and oxygen atoms in total. The van der Waals surface area contributed by atoms with E-state index in [4.69, 9.17) is 17.3 Å². The lowest BCUT2D eigenvalue weighted by molar-refractivity contribution is -0.122. The van der Waals surface area contributed by atoms with Crippen molar-refractivity contribution >= 4 is 29.5 Å². The van der Waals surface area contributed by atoms with E-state index in [1.165, 1.54) is 0 Å². The summed E-state index contributed by atoms with van der Waals surface area (Å²) in [6, 6.07) is 5.14. The topological polar surface area (TPSA) is 63.4 Å². The van der Waals surface area contributed by atoms with Gasteiger partial charge in [-0.05, 0) is 31.0 Å². The normalized spacial score (nSPS) is 19.6. The molecular formula is C13H15ClN2O2. The molecule has 2 N–H and O–H groups in total. The number of hydrogen-bond donors (Lipinski definition) is 1. The van der Waals surface area contributed by atoms with Gasteiger partial charge in [0.15, 0.2) is 6.29 Å². The largest absolute Gasteiger partial charge is 0.370 e.